The summed E-state index contributed by atoms with van der Waals surface area (Å²) >= 11 is 0. The Labute approximate surface area is 127 Å². The molecule has 118 valence electrons. The van der Waals surface area contributed by atoms with E-state index in [-0.39, 0.29) is 0 Å². The van der Waals surface area contributed by atoms with Gasteiger partial charge < -0.3 is 14.7 Å². The summed E-state index contributed by atoms with van der Waals surface area (Å²) in [6.45, 7) is 11.6. The Morgan fingerprint density at radius 2 is 2.24 bits per heavy atom. The maximum absolute atomic E-state index is 5.20. The van der Waals surface area contributed by atoms with Crippen LogP contribution < -0.4 is 5.32 Å². The van der Waals surface area contributed by atoms with Crippen molar-refractivity contribution in [3.05, 3.63) is 17.0 Å². The molecule has 0 amide bonds. The Hall–Kier alpha value is -1.52. The van der Waals surface area contributed by atoms with Crippen molar-refractivity contribution in [1.29, 1.82) is 0 Å². The van der Waals surface area contributed by atoms with E-state index in [1.807, 2.05) is 20.9 Å². The van der Waals surface area contributed by atoms with E-state index >= 15 is 0 Å². The van der Waals surface area contributed by atoms with Crippen LogP contribution >= 0.6 is 0 Å². The number of hydrogen-bond donors (Lipinski definition) is 1. The van der Waals surface area contributed by atoms with E-state index in [9.17, 15) is 0 Å². The molecule has 1 unspecified atom stereocenters. The molecular weight excluding hydrogens is 264 g/mol. The highest BCUT2D eigenvalue weighted by Gasteiger charge is 2.33. The molecule has 0 aliphatic carbocycles. The first-order valence-electron chi connectivity index (χ1n) is 7.86. The first-order chi connectivity index (χ1) is 9.99. The highest BCUT2D eigenvalue weighted by atomic mass is 16.5. The highest BCUT2D eigenvalue weighted by Crippen LogP contribution is 2.32. The van der Waals surface area contributed by atoms with Gasteiger partial charge in [-0.15, -0.1) is 0 Å². The van der Waals surface area contributed by atoms with E-state index in [1.54, 1.807) is 0 Å². The third kappa shape index (κ3) is 3.57. The van der Waals surface area contributed by atoms with Crippen LogP contribution in [0.4, 0.5) is 0 Å². The molecule has 1 fully saturated rings. The number of aryl methyl sites for hydroxylation is 2. The Morgan fingerprint density at radius 3 is 2.76 bits per heavy atom. The molecule has 21 heavy (non-hydrogen) atoms. The maximum atomic E-state index is 5.20. The van der Waals surface area contributed by atoms with Crippen molar-refractivity contribution in [1.82, 2.24) is 15.4 Å². The van der Waals surface area contributed by atoms with Crippen LogP contribution in [0.15, 0.2) is 9.52 Å². The Bertz CT molecular complexity index is 489. The molecule has 1 atom stereocenters. The number of aliphatic imine (C=N–C) groups is 1. The van der Waals surface area contributed by atoms with Crippen molar-refractivity contribution in [3.63, 3.8) is 0 Å². The molecule has 5 heteroatoms. The van der Waals surface area contributed by atoms with Gasteiger partial charge in [0, 0.05) is 32.2 Å². The number of likely N-dealkylation sites (tertiary alicyclic amines) is 1. The van der Waals surface area contributed by atoms with E-state index < -0.39 is 0 Å². The summed E-state index contributed by atoms with van der Waals surface area (Å²) in [5.41, 5.74) is 2.63. The maximum Gasteiger partial charge on any atom is 0.193 e. The molecule has 2 heterocycles. The van der Waals surface area contributed by atoms with Crippen molar-refractivity contribution >= 4 is 5.96 Å². The summed E-state index contributed by atoms with van der Waals surface area (Å²) in [5.74, 6) is 1.93. The fourth-order valence-corrected chi connectivity index (χ4v) is 2.98. The first kappa shape index (κ1) is 15.9. The van der Waals surface area contributed by atoms with Crippen LogP contribution in [-0.4, -0.2) is 42.7 Å². The molecule has 1 aromatic heterocycles. The molecular formula is C16H28N4O. The van der Waals surface area contributed by atoms with Crippen LogP contribution in [0.2, 0.25) is 0 Å². The Morgan fingerprint density at radius 1 is 1.48 bits per heavy atom. The number of aromatic nitrogens is 1. The number of nitrogens with one attached hydrogen (secondary N) is 1. The second-order valence-electron chi connectivity index (χ2n) is 6.36. The van der Waals surface area contributed by atoms with Crippen LogP contribution in [0.5, 0.6) is 0 Å². The van der Waals surface area contributed by atoms with E-state index in [4.69, 9.17) is 4.52 Å². The Kier molecular flexibility index (Phi) is 4.91. The monoisotopic (exact) mass is 292 g/mol. The molecule has 5 nitrogen and oxygen atoms in total. The molecule has 0 radical (unpaired) electrons. The van der Waals surface area contributed by atoms with Crippen molar-refractivity contribution in [2.45, 2.75) is 47.0 Å². The number of nitrogens with zero attached hydrogens (tertiary/aromatic N) is 3. The third-order valence-electron chi connectivity index (χ3n) is 4.76. The number of hydrogen-bond acceptors (Lipinski definition) is 3. The first-order valence-corrected chi connectivity index (χ1v) is 7.86. The van der Waals surface area contributed by atoms with Gasteiger partial charge in [0.2, 0.25) is 0 Å². The van der Waals surface area contributed by atoms with Crippen molar-refractivity contribution < 1.29 is 4.52 Å². The normalized spacial score (nSPS) is 22.9. The minimum absolute atomic E-state index is 0.430. The summed E-state index contributed by atoms with van der Waals surface area (Å²) in [6, 6.07) is 0. The van der Waals surface area contributed by atoms with Crippen LogP contribution in [-0.2, 0) is 6.42 Å². The van der Waals surface area contributed by atoms with Gasteiger partial charge in [0.15, 0.2) is 5.96 Å². The van der Waals surface area contributed by atoms with Gasteiger partial charge in [0.1, 0.15) is 5.76 Å². The second-order valence-corrected chi connectivity index (χ2v) is 6.36. The zero-order valence-corrected chi connectivity index (χ0v) is 14.0. The van der Waals surface area contributed by atoms with E-state index in [0.29, 0.717) is 5.41 Å². The molecule has 1 saturated heterocycles. The topological polar surface area (TPSA) is 53.7 Å². The predicted octanol–water partition coefficient (Wildman–Crippen LogP) is 2.53. The average molecular weight is 292 g/mol. The molecule has 1 aromatic rings. The summed E-state index contributed by atoms with van der Waals surface area (Å²) in [4.78, 5) is 6.80. The van der Waals surface area contributed by atoms with E-state index in [0.717, 1.165) is 43.5 Å². The fourth-order valence-electron chi connectivity index (χ4n) is 2.98. The quantitative estimate of drug-likeness (QED) is 0.684. The highest BCUT2D eigenvalue weighted by molar-refractivity contribution is 5.80. The summed E-state index contributed by atoms with van der Waals surface area (Å²) in [6.07, 6.45) is 3.38. The predicted molar refractivity (Wildman–Crippen MR) is 85.6 cm³/mol. The molecule has 0 spiro atoms. The molecule has 0 bridgehead atoms. The van der Waals surface area contributed by atoms with Gasteiger partial charge >= 0.3 is 0 Å². The van der Waals surface area contributed by atoms with Crippen molar-refractivity contribution in [3.8, 4) is 0 Å². The van der Waals surface area contributed by atoms with E-state index in [2.05, 4.69) is 34.2 Å². The van der Waals surface area contributed by atoms with Crippen molar-refractivity contribution in [2.24, 2.45) is 10.4 Å². The summed E-state index contributed by atoms with van der Waals surface area (Å²) in [7, 11) is 1.86. The smallest absolute Gasteiger partial charge is 0.193 e. The van der Waals surface area contributed by atoms with Crippen LogP contribution in [0, 0.1) is 19.3 Å². The average Bonchev–Trinajstić information content (AvgIpc) is 3.01. The van der Waals surface area contributed by atoms with Gasteiger partial charge in [-0.1, -0.05) is 19.0 Å². The van der Waals surface area contributed by atoms with Crippen LogP contribution in [0.1, 0.15) is 43.7 Å². The van der Waals surface area contributed by atoms with Crippen LogP contribution in [0.3, 0.4) is 0 Å². The molecule has 0 aromatic carbocycles. The SMILES string of the molecule is CCC1(C)CCN(C(=NC)NCCc2c(C)noc2C)C1. The summed E-state index contributed by atoms with van der Waals surface area (Å²) < 4.78 is 5.20. The number of rotatable bonds is 4. The van der Waals surface area contributed by atoms with Gasteiger partial charge in [0.05, 0.1) is 5.69 Å². The van der Waals surface area contributed by atoms with E-state index in [1.165, 1.54) is 18.4 Å². The van der Waals surface area contributed by atoms with Gasteiger partial charge in [-0.2, -0.15) is 0 Å². The molecule has 1 aliphatic heterocycles. The molecule has 1 N–H and O–H groups in total. The number of guanidine groups is 1. The second kappa shape index (κ2) is 6.50. The zero-order valence-electron chi connectivity index (χ0n) is 14.0. The molecule has 0 saturated carbocycles. The lowest BCUT2D eigenvalue weighted by molar-refractivity contribution is 0.322. The largest absolute Gasteiger partial charge is 0.361 e. The Balaban J connectivity index is 1.87. The lowest BCUT2D eigenvalue weighted by Gasteiger charge is -2.25. The fraction of sp³-hybridized carbons (Fsp3) is 0.750. The lowest BCUT2D eigenvalue weighted by Crippen LogP contribution is -2.41. The van der Waals surface area contributed by atoms with Gasteiger partial charge in [-0.25, -0.2) is 0 Å². The standard InChI is InChI=1S/C16H28N4O/c1-6-16(4)8-10-20(11-16)15(17-5)18-9-7-14-12(2)19-21-13(14)3/h6-11H2,1-5H3,(H,17,18). The minimum atomic E-state index is 0.430. The summed E-state index contributed by atoms with van der Waals surface area (Å²) in [5, 5.41) is 7.47. The lowest BCUT2D eigenvalue weighted by atomic mass is 9.87. The zero-order chi connectivity index (χ0) is 15.5. The van der Waals surface area contributed by atoms with Crippen molar-refractivity contribution in [2.75, 3.05) is 26.7 Å². The molecule has 2 rings (SSSR count). The van der Waals surface area contributed by atoms with Gasteiger partial charge in [0.25, 0.3) is 0 Å². The van der Waals surface area contributed by atoms with Gasteiger partial charge in [-0.3, -0.25) is 4.99 Å². The van der Waals surface area contributed by atoms with Gasteiger partial charge in [-0.05, 0) is 38.5 Å². The molecule has 1 aliphatic rings. The van der Waals surface area contributed by atoms with Crippen LogP contribution in [0.25, 0.3) is 0 Å². The third-order valence-corrected chi connectivity index (χ3v) is 4.76. The minimum Gasteiger partial charge on any atom is -0.361 e.